The Hall–Kier alpha value is -3.02. The molecule has 2 aromatic heterocycles. The van der Waals surface area contributed by atoms with Gasteiger partial charge in [0.15, 0.2) is 5.82 Å². The van der Waals surface area contributed by atoms with Gasteiger partial charge in [0.05, 0.1) is 6.54 Å². The third kappa shape index (κ3) is 2.58. The van der Waals surface area contributed by atoms with E-state index in [9.17, 15) is 4.39 Å². The molecule has 26 heavy (non-hydrogen) atoms. The average molecular weight is 349 g/mol. The minimum atomic E-state index is -0.237. The third-order valence-electron chi connectivity index (χ3n) is 4.90. The van der Waals surface area contributed by atoms with Crippen LogP contribution >= 0.6 is 0 Å². The Morgan fingerprint density at radius 3 is 2.73 bits per heavy atom. The number of nitrogens with one attached hydrogen (secondary N) is 1. The zero-order valence-corrected chi connectivity index (χ0v) is 15.0. The second-order valence-corrected chi connectivity index (χ2v) is 7.07. The van der Waals surface area contributed by atoms with Crippen LogP contribution in [0.5, 0.6) is 0 Å². The van der Waals surface area contributed by atoms with Crippen molar-refractivity contribution in [2.75, 3.05) is 5.32 Å². The van der Waals surface area contributed by atoms with Crippen LogP contribution in [0.2, 0.25) is 0 Å². The van der Waals surface area contributed by atoms with Crippen molar-refractivity contribution >= 4 is 5.82 Å². The minimum absolute atomic E-state index is 0.206. The Morgan fingerprint density at radius 1 is 1.19 bits per heavy atom. The van der Waals surface area contributed by atoms with Gasteiger partial charge in [0.2, 0.25) is 0 Å². The summed E-state index contributed by atoms with van der Waals surface area (Å²) in [6.07, 6.45) is 1.81. The number of halogens is 1. The van der Waals surface area contributed by atoms with E-state index in [1.807, 2.05) is 25.3 Å². The van der Waals surface area contributed by atoms with Gasteiger partial charge in [-0.2, -0.15) is 5.10 Å². The maximum absolute atomic E-state index is 13.8. The van der Waals surface area contributed by atoms with E-state index in [-0.39, 0.29) is 11.2 Å². The van der Waals surface area contributed by atoms with E-state index in [0.29, 0.717) is 23.6 Å². The van der Waals surface area contributed by atoms with Crippen LogP contribution < -0.4 is 5.32 Å². The molecule has 6 heteroatoms. The van der Waals surface area contributed by atoms with E-state index in [2.05, 4.69) is 40.8 Å². The monoisotopic (exact) mass is 349 g/mol. The number of hydrogen-bond donors (Lipinski definition) is 1. The van der Waals surface area contributed by atoms with Crippen molar-refractivity contribution in [3.63, 3.8) is 0 Å². The lowest BCUT2D eigenvalue weighted by atomic mass is 9.84. The first kappa shape index (κ1) is 16.4. The average Bonchev–Trinajstić information content (AvgIpc) is 3.13. The molecule has 3 aromatic rings. The van der Waals surface area contributed by atoms with E-state index in [1.165, 1.54) is 6.07 Å². The van der Waals surface area contributed by atoms with Crippen molar-refractivity contribution in [3.05, 3.63) is 71.4 Å². The second kappa shape index (κ2) is 5.76. The number of fused-ring (bicyclic) bond motifs is 1. The summed E-state index contributed by atoms with van der Waals surface area (Å²) in [5.41, 5.74) is 3.92. The van der Waals surface area contributed by atoms with Crippen LogP contribution in [0.25, 0.3) is 11.5 Å². The third-order valence-corrected chi connectivity index (χ3v) is 4.90. The van der Waals surface area contributed by atoms with Crippen molar-refractivity contribution in [1.29, 1.82) is 0 Å². The normalized spacial score (nSPS) is 15.0. The zero-order valence-electron chi connectivity index (χ0n) is 15.0. The quantitative estimate of drug-likeness (QED) is 0.775. The SMILES string of the molecule is C=C1Nc2nc(-c3ccn(Cc4ccccc4F)n3)nc(C)c2C1(C)C. The molecule has 0 bridgehead atoms. The fraction of sp³-hybridized carbons (Fsp3) is 0.250. The largest absolute Gasteiger partial charge is 0.343 e. The Labute approximate surface area is 151 Å². The molecule has 132 valence electrons. The molecule has 5 nitrogen and oxygen atoms in total. The van der Waals surface area contributed by atoms with E-state index in [1.54, 1.807) is 16.8 Å². The minimum Gasteiger partial charge on any atom is -0.343 e. The molecule has 1 aromatic carbocycles. The molecule has 0 spiro atoms. The fourth-order valence-electron chi connectivity index (χ4n) is 3.35. The molecule has 4 rings (SSSR count). The van der Waals surface area contributed by atoms with Crippen LogP contribution in [0.3, 0.4) is 0 Å². The Balaban J connectivity index is 1.67. The molecule has 0 fully saturated rings. The maximum atomic E-state index is 13.8. The molecule has 0 radical (unpaired) electrons. The van der Waals surface area contributed by atoms with Gasteiger partial charge in [-0.3, -0.25) is 4.68 Å². The molecule has 0 atom stereocenters. The Bertz CT molecular complexity index is 1020. The number of allylic oxidation sites excluding steroid dienone is 1. The predicted molar refractivity (Wildman–Crippen MR) is 99.3 cm³/mol. The summed E-state index contributed by atoms with van der Waals surface area (Å²) in [6.45, 7) is 10.6. The van der Waals surface area contributed by atoms with Crippen LogP contribution in [-0.4, -0.2) is 19.7 Å². The zero-order chi connectivity index (χ0) is 18.5. The standard InChI is InChI=1S/C20H20FN5/c1-12-17-19(23-13(2)20(17,3)4)24-18(22-12)16-9-10-26(25-16)11-14-7-5-6-8-15(14)21/h5-10H,2,11H2,1,3-4H3,(H,22,23,24). The van der Waals surface area contributed by atoms with Crippen molar-refractivity contribution < 1.29 is 4.39 Å². The van der Waals surface area contributed by atoms with Crippen molar-refractivity contribution in [1.82, 2.24) is 19.7 Å². The first-order valence-electron chi connectivity index (χ1n) is 8.49. The van der Waals surface area contributed by atoms with Gasteiger partial charge in [0, 0.05) is 34.1 Å². The van der Waals surface area contributed by atoms with Gasteiger partial charge in [0.1, 0.15) is 17.3 Å². The van der Waals surface area contributed by atoms with Crippen LogP contribution in [0.1, 0.15) is 30.7 Å². The topological polar surface area (TPSA) is 55.6 Å². The summed E-state index contributed by atoms with van der Waals surface area (Å²) in [7, 11) is 0. The second-order valence-electron chi connectivity index (χ2n) is 7.07. The van der Waals surface area contributed by atoms with Crippen LogP contribution in [0.15, 0.2) is 48.8 Å². The van der Waals surface area contributed by atoms with Crippen molar-refractivity contribution in [2.24, 2.45) is 0 Å². The Kier molecular flexibility index (Phi) is 3.64. The lowest BCUT2D eigenvalue weighted by molar-refractivity contribution is 0.585. The maximum Gasteiger partial charge on any atom is 0.182 e. The van der Waals surface area contributed by atoms with E-state index in [4.69, 9.17) is 0 Å². The van der Waals surface area contributed by atoms with Crippen LogP contribution in [0.4, 0.5) is 10.2 Å². The molecule has 3 heterocycles. The molecule has 0 amide bonds. The summed E-state index contributed by atoms with van der Waals surface area (Å²) in [6, 6.07) is 8.54. The van der Waals surface area contributed by atoms with Crippen LogP contribution in [-0.2, 0) is 12.0 Å². The van der Waals surface area contributed by atoms with Crippen molar-refractivity contribution in [3.8, 4) is 11.5 Å². The highest BCUT2D eigenvalue weighted by atomic mass is 19.1. The first-order chi connectivity index (χ1) is 12.4. The fourth-order valence-corrected chi connectivity index (χ4v) is 3.35. The van der Waals surface area contributed by atoms with Crippen molar-refractivity contribution in [2.45, 2.75) is 32.7 Å². The van der Waals surface area contributed by atoms with Gasteiger partial charge in [-0.25, -0.2) is 14.4 Å². The molecule has 0 aliphatic carbocycles. The number of aryl methyl sites for hydroxylation is 1. The van der Waals surface area contributed by atoms with Crippen LogP contribution in [0, 0.1) is 12.7 Å². The van der Waals surface area contributed by atoms with Gasteiger partial charge < -0.3 is 5.32 Å². The highest BCUT2D eigenvalue weighted by Crippen LogP contribution is 2.43. The number of rotatable bonds is 3. The molecule has 1 aliphatic heterocycles. The number of aromatic nitrogens is 4. The molecular formula is C20H20FN5. The molecule has 1 N–H and O–H groups in total. The van der Waals surface area contributed by atoms with Gasteiger partial charge in [-0.05, 0) is 19.1 Å². The van der Waals surface area contributed by atoms with Gasteiger partial charge >= 0.3 is 0 Å². The summed E-state index contributed by atoms with van der Waals surface area (Å²) < 4.78 is 15.5. The Morgan fingerprint density at radius 2 is 1.96 bits per heavy atom. The molecular weight excluding hydrogens is 329 g/mol. The molecule has 0 saturated heterocycles. The number of benzene rings is 1. The first-order valence-corrected chi connectivity index (χ1v) is 8.49. The highest BCUT2D eigenvalue weighted by molar-refractivity contribution is 5.67. The molecule has 0 saturated carbocycles. The number of nitrogens with zero attached hydrogens (tertiary/aromatic N) is 4. The van der Waals surface area contributed by atoms with E-state index >= 15 is 0 Å². The van der Waals surface area contributed by atoms with E-state index in [0.717, 1.165) is 22.8 Å². The number of hydrogen-bond acceptors (Lipinski definition) is 4. The lowest BCUT2D eigenvalue weighted by Crippen LogP contribution is -2.17. The predicted octanol–water partition coefficient (Wildman–Crippen LogP) is 4.05. The number of anilines is 1. The summed E-state index contributed by atoms with van der Waals surface area (Å²) in [5, 5.41) is 7.78. The smallest absolute Gasteiger partial charge is 0.182 e. The molecule has 1 aliphatic rings. The summed E-state index contributed by atoms with van der Waals surface area (Å²) in [4.78, 5) is 9.28. The van der Waals surface area contributed by atoms with Gasteiger partial charge in [-0.15, -0.1) is 0 Å². The van der Waals surface area contributed by atoms with E-state index < -0.39 is 0 Å². The van der Waals surface area contributed by atoms with Gasteiger partial charge in [-0.1, -0.05) is 38.6 Å². The highest BCUT2D eigenvalue weighted by Gasteiger charge is 2.37. The summed E-state index contributed by atoms with van der Waals surface area (Å²) >= 11 is 0. The lowest BCUT2D eigenvalue weighted by Gasteiger charge is -2.20. The summed E-state index contributed by atoms with van der Waals surface area (Å²) in [5.74, 6) is 1.09. The van der Waals surface area contributed by atoms with Gasteiger partial charge in [0.25, 0.3) is 0 Å². The molecule has 0 unspecified atom stereocenters.